The summed E-state index contributed by atoms with van der Waals surface area (Å²) >= 11 is 0. The molecule has 0 spiro atoms. The van der Waals surface area contributed by atoms with E-state index in [1.165, 1.54) is 6.42 Å². The molecule has 0 aromatic carbocycles. The average Bonchev–Trinajstić information content (AvgIpc) is 2.54. The molecule has 0 amide bonds. The number of hydrogen-bond acceptors (Lipinski definition) is 2. The second kappa shape index (κ2) is 3.47. The minimum Gasteiger partial charge on any atom is -0.306 e. The van der Waals surface area contributed by atoms with Crippen molar-refractivity contribution in [2.24, 2.45) is 0 Å². The van der Waals surface area contributed by atoms with Gasteiger partial charge in [-0.2, -0.15) is 5.10 Å². The first kappa shape index (κ1) is 9.63. The van der Waals surface area contributed by atoms with E-state index in [9.17, 15) is 4.79 Å². The summed E-state index contributed by atoms with van der Waals surface area (Å²) in [5, 5.41) is 4.36. The Morgan fingerprint density at radius 1 is 1.31 bits per heavy atom. The number of fused-ring (bicyclic) bond motifs is 3. The summed E-state index contributed by atoms with van der Waals surface area (Å²) in [4.78, 5) is 14.9. The lowest BCUT2D eigenvalue weighted by molar-refractivity contribution is 0.702. The molecule has 0 fully saturated rings. The third kappa shape index (κ3) is 1.29. The molecule has 0 radical (unpaired) electrons. The number of hydrogen-bond donors (Lipinski definition) is 1. The zero-order valence-corrected chi connectivity index (χ0v) is 9.42. The maximum Gasteiger partial charge on any atom is 0.254 e. The van der Waals surface area contributed by atoms with E-state index in [1.54, 1.807) is 0 Å². The average molecular weight is 217 g/mol. The number of nitrogens with zero attached hydrogens (tertiary/aromatic N) is 2. The van der Waals surface area contributed by atoms with Gasteiger partial charge in [0.25, 0.3) is 5.56 Å². The molecular weight excluding hydrogens is 202 g/mol. The van der Waals surface area contributed by atoms with Gasteiger partial charge in [0.05, 0.1) is 11.9 Å². The molecule has 2 aromatic rings. The van der Waals surface area contributed by atoms with Crippen molar-refractivity contribution in [2.75, 3.05) is 0 Å². The van der Waals surface area contributed by atoms with Crippen molar-refractivity contribution in [3.8, 4) is 0 Å². The molecule has 84 valence electrons. The highest BCUT2D eigenvalue weighted by atomic mass is 16.1. The van der Waals surface area contributed by atoms with Crippen molar-refractivity contribution in [1.82, 2.24) is 14.6 Å². The van der Waals surface area contributed by atoms with Gasteiger partial charge in [-0.05, 0) is 32.6 Å². The minimum atomic E-state index is 0.0769. The van der Waals surface area contributed by atoms with Gasteiger partial charge in [-0.1, -0.05) is 6.42 Å². The van der Waals surface area contributed by atoms with Crippen LogP contribution < -0.4 is 5.56 Å². The van der Waals surface area contributed by atoms with Crippen LogP contribution in [0.5, 0.6) is 0 Å². The number of nitrogens with one attached hydrogen (secondary N) is 1. The van der Waals surface area contributed by atoms with Crippen LogP contribution in [0.2, 0.25) is 0 Å². The van der Waals surface area contributed by atoms with Crippen molar-refractivity contribution in [1.29, 1.82) is 0 Å². The van der Waals surface area contributed by atoms with Gasteiger partial charge in [-0.25, -0.2) is 4.52 Å². The summed E-state index contributed by atoms with van der Waals surface area (Å²) in [6.45, 7) is 1.97. The van der Waals surface area contributed by atoms with Crippen LogP contribution in [-0.4, -0.2) is 14.6 Å². The van der Waals surface area contributed by atoms with Crippen molar-refractivity contribution in [2.45, 2.75) is 39.0 Å². The molecule has 0 aliphatic heterocycles. The molecule has 1 aliphatic carbocycles. The standard InChI is InChI=1S/C12H15N3O/c1-8-7-13-15-10-6-4-2-3-5-9(10)12(16)14-11(8)15/h7H,2-6H2,1H3,(H,14,16). The van der Waals surface area contributed by atoms with Crippen molar-refractivity contribution in [3.05, 3.63) is 33.4 Å². The smallest absolute Gasteiger partial charge is 0.254 e. The summed E-state index contributed by atoms with van der Waals surface area (Å²) in [6.07, 6.45) is 7.15. The molecule has 2 heterocycles. The largest absolute Gasteiger partial charge is 0.306 e. The van der Waals surface area contributed by atoms with Crippen molar-refractivity contribution < 1.29 is 0 Å². The molecular formula is C12H15N3O. The van der Waals surface area contributed by atoms with E-state index in [0.717, 1.165) is 48.2 Å². The summed E-state index contributed by atoms with van der Waals surface area (Å²) in [5.41, 5.74) is 4.01. The first-order valence-corrected chi connectivity index (χ1v) is 5.86. The molecule has 0 unspecified atom stereocenters. The second-order valence-corrected chi connectivity index (χ2v) is 4.53. The monoisotopic (exact) mass is 217 g/mol. The number of aryl methyl sites for hydroxylation is 2. The fourth-order valence-corrected chi connectivity index (χ4v) is 2.51. The van der Waals surface area contributed by atoms with E-state index < -0.39 is 0 Å². The Hall–Kier alpha value is -1.58. The zero-order valence-electron chi connectivity index (χ0n) is 9.42. The lowest BCUT2D eigenvalue weighted by Gasteiger charge is -2.07. The van der Waals surface area contributed by atoms with E-state index >= 15 is 0 Å². The molecule has 16 heavy (non-hydrogen) atoms. The summed E-state index contributed by atoms with van der Waals surface area (Å²) in [7, 11) is 0. The van der Waals surface area contributed by atoms with E-state index in [0.29, 0.717) is 0 Å². The van der Waals surface area contributed by atoms with Crippen LogP contribution in [0, 0.1) is 6.92 Å². The van der Waals surface area contributed by atoms with Crippen LogP contribution in [0.4, 0.5) is 0 Å². The van der Waals surface area contributed by atoms with E-state index in [-0.39, 0.29) is 5.56 Å². The highest BCUT2D eigenvalue weighted by Gasteiger charge is 2.16. The molecule has 0 bridgehead atoms. The Labute approximate surface area is 93.3 Å². The Morgan fingerprint density at radius 3 is 3.00 bits per heavy atom. The zero-order chi connectivity index (χ0) is 11.1. The fourth-order valence-electron chi connectivity index (χ4n) is 2.51. The maximum absolute atomic E-state index is 12.0. The van der Waals surface area contributed by atoms with Gasteiger partial charge in [0.15, 0.2) is 0 Å². The molecule has 1 aliphatic rings. The number of H-pyrrole nitrogens is 1. The van der Waals surface area contributed by atoms with E-state index in [2.05, 4.69) is 10.1 Å². The third-order valence-corrected chi connectivity index (χ3v) is 3.40. The van der Waals surface area contributed by atoms with E-state index in [4.69, 9.17) is 0 Å². The normalized spacial score (nSPS) is 16.1. The molecule has 0 atom stereocenters. The Kier molecular flexibility index (Phi) is 2.09. The maximum atomic E-state index is 12.0. The van der Waals surface area contributed by atoms with Crippen molar-refractivity contribution in [3.63, 3.8) is 0 Å². The van der Waals surface area contributed by atoms with Crippen molar-refractivity contribution >= 4 is 5.65 Å². The van der Waals surface area contributed by atoms with Gasteiger partial charge in [0, 0.05) is 11.1 Å². The van der Waals surface area contributed by atoms with Gasteiger partial charge >= 0.3 is 0 Å². The van der Waals surface area contributed by atoms with E-state index in [1.807, 2.05) is 17.6 Å². The molecule has 0 saturated carbocycles. The van der Waals surface area contributed by atoms with Gasteiger partial charge in [-0.15, -0.1) is 0 Å². The highest BCUT2D eigenvalue weighted by Crippen LogP contribution is 2.18. The predicted molar refractivity (Wildman–Crippen MR) is 61.8 cm³/mol. The number of aromatic nitrogens is 3. The van der Waals surface area contributed by atoms with Crippen LogP contribution in [-0.2, 0) is 12.8 Å². The van der Waals surface area contributed by atoms with Gasteiger partial charge in [0.1, 0.15) is 5.65 Å². The second-order valence-electron chi connectivity index (χ2n) is 4.53. The Morgan fingerprint density at radius 2 is 2.12 bits per heavy atom. The topological polar surface area (TPSA) is 50.2 Å². The number of rotatable bonds is 0. The predicted octanol–water partition coefficient (Wildman–Crippen LogP) is 1.60. The molecule has 3 rings (SSSR count). The Bertz CT molecular complexity index is 594. The quantitative estimate of drug-likeness (QED) is 0.681. The highest BCUT2D eigenvalue weighted by molar-refractivity contribution is 5.47. The summed E-state index contributed by atoms with van der Waals surface area (Å²) in [6, 6.07) is 0. The van der Waals surface area contributed by atoms with Gasteiger partial charge in [0.2, 0.25) is 0 Å². The van der Waals surface area contributed by atoms with Crippen LogP contribution in [0.1, 0.15) is 36.1 Å². The van der Waals surface area contributed by atoms with Gasteiger partial charge < -0.3 is 4.98 Å². The van der Waals surface area contributed by atoms with Crippen LogP contribution in [0.15, 0.2) is 11.0 Å². The minimum absolute atomic E-state index is 0.0769. The first-order valence-electron chi connectivity index (χ1n) is 5.86. The summed E-state index contributed by atoms with van der Waals surface area (Å²) in [5.74, 6) is 0. The molecule has 4 heteroatoms. The van der Waals surface area contributed by atoms with Crippen LogP contribution in [0.25, 0.3) is 5.65 Å². The van der Waals surface area contributed by atoms with Gasteiger partial charge in [-0.3, -0.25) is 4.79 Å². The third-order valence-electron chi connectivity index (χ3n) is 3.40. The fraction of sp³-hybridized carbons (Fsp3) is 0.500. The summed E-state index contributed by atoms with van der Waals surface area (Å²) < 4.78 is 1.91. The van der Waals surface area contributed by atoms with Crippen LogP contribution >= 0.6 is 0 Å². The lowest BCUT2D eigenvalue weighted by Crippen LogP contribution is -2.19. The number of aromatic amines is 1. The molecule has 0 saturated heterocycles. The van der Waals surface area contributed by atoms with Crippen LogP contribution in [0.3, 0.4) is 0 Å². The molecule has 1 N–H and O–H groups in total. The molecule has 4 nitrogen and oxygen atoms in total. The Balaban J connectivity index is 2.38. The first-order chi connectivity index (χ1) is 7.77. The SMILES string of the molecule is Cc1cnn2c3c(c(=O)[nH]c12)CCCCC3. The molecule has 2 aromatic heterocycles. The lowest BCUT2D eigenvalue weighted by atomic mass is 10.1.